The van der Waals surface area contributed by atoms with E-state index in [0.29, 0.717) is 22.7 Å². The van der Waals surface area contributed by atoms with Gasteiger partial charge in [0.2, 0.25) is 10.0 Å². The number of aromatic nitrogens is 2. The first-order chi connectivity index (χ1) is 14.3. The van der Waals surface area contributed by atoms with Gasteiger partial charge < -0.3 is 4.74 Å². The molecular formula is C20H21F2N3O3S2. The van der Waals surface area contributed by atoms with Gasteiger partial charge in [-0.1, -0.05) is 0 Å². The summed E-state index contributed by atoms with van der Waals surface area (Å²) in [5, 5.41) is 4.08. The number of sulfonamides is 1. The van der Waals surface area contributed by atoms with Gasteiger partial charge in [-0.3, -0.25) is 0 Å². The molecule has 0 fully saturated rings. The molecule has 0 unspecified atom stereocenters. The second kappa shape index (κ2) is 9.59. The van der Waals surface area contributed by atoms with E-state index in [1.54, 1.807) is 36.0 Å². The molecule has 0 amide bonds. The number of benzene rings is 2. The number of nitrogens with one attached hydrogen (secondary N) is 1. The highest BCUT2D eigenvalue weighted by atomic mass is 32.2. The molecule has 0 aliphatic heterocycles. The molecular weight excluding hydrogens is 432 g/mol. The van der Waals surface area contributed by atoms with Crippen molar-refractivity contribution in [1.29, 1.82) is 0 Å². The average Bonchev–Trinajstić information content (AvgIpc) is 3.17. The van der Waals surface area contributed by atoms with E-state index in [9.17, 15) is 17.2 Å². The van der Waals surface area contributed by atoms with Crippen molar-refractivity contribution in [3.05, 3.63) is 60.3 Å². The molecule has 30 heavy (non-hydrogen) atoms. The molecule has 10 heteroatoms. The summed E-state index contributed by atoms with van der Waals surface area (Å²) in [6.07, 6.45) is 0.359. The van der Waals surface area contributed by atoms with Crippen LogP contribution in [0.5, 0.6) is 5.75 Å². The largest absolute Gasteiger partial charge is 0.492 e. The number of ether oxygens (including phenoxy) is 1. The first-order valence-electron chi connectivity index (χ1n) is 8.97. The van der Waals surface area contributed by atoms with Crippen LogP contribution in [0.2, 0.25) is 0 Å². The summed E-state index contributed by atoms with van der Waals surface area (Å²) in [6, 6.07) is 15.8. The minimum absolute atomic E-state index is 0.150. The predicted molar refractivity (Wildman–Crippen MR) is 114 cm³/mol. The molecule has 160 valence electrons. The number of alkyl halides is 2. The van der Waals surface area contributed by atoms with Crippen LogP contribution in [0.25, 0.3) is 16.9 Å². The van der Waals surface area contributed by atoms with Gasteiger partial charge in [0.1, 0.15) is 18.1 Å². The van der Waals surface area contributed by atoms with E-state index in [2.05, 4.69) is 9.82 Å². The van der Waals surface area contributed by atoms with Gasteiger partial charge in [-0.25, -0.2) is 26.6 Å². The Morgan fingerprint density at radius 2 is 1.80 bits per heavy atom. The minimum Gasteiger partial charge on any atom is -0.492 e. The fourth-order valence-electron chi connectivity index (χ4n) is 2.75. The zero-order chi connectivity index (χ0) is 21.7. The van der Waals surface area contributed by atoms with Crippen LogP contribution in [0.4, 0.5) is 8.78 Å². The third kappa shape index (κ3) is 5.80. The first-order valence-corrected chi connectivity index (χ1v) is 12.1. The Kier molecular flexibility index (Phi) is 7.11. The van der Waals surface area contributed by atoms with E-state index in [1.165, 1.54) is 10.7 Å². The van der Waals surface area contributed by atoms with Gasteiger partial charge in [-0.05, 0) is 60.9 Å². The maximum Gasteiger partial charge on any atom is 0.282 e. The number of rotatable bonds is 9. The normalized spacial score (nSPS) is 11.8. The van der Waals surface area contributed by atoms with E-state index in [0.717, 1.165) is 11.2 Å². The lowest BCUT2D eigenvalue weighted by atomic mass is 10.1. The van der Waals surface area contributed by atoms with Crippen molar-refractivity contribution in [3.8, 4) is 22.7 Å². The van der Waals surface area contributed by atoms with Gasteiger partial charge in [-0.2, -0.15) is 5.10 Å². The molecule has 0 spiro atoms. The van der Waals surface area contributed by atoms with Gasteiger partial charge in [0, 0.05) is 17.0 Å². The maximum absolute atomic E-state index is 13.3. The molecule has 0 atom stereocenters. The molecule has 0 radical (unpaired) electrons. The number of thioether (sulfide) groups is 1. The van der Waals surface area contributed by atoms with Crippen LogP contribution in [0, 0.1) is 0 Å². The van der Waals surface area contributed by atoms with Crippen LogP contribution in [-0.2, 0) is 10.0 Å². The fraction of sp³-hybridized carbons (Fsp3) is 0.250. The van der Waals surface area contributed by atoms with E-state index in [1.807, 2.05) is 30.5 Å². The quantitative estimate of drug-likeness (QED) is 0.390. The summed E-state index contributed by atoms with van der Waals surface area (Å²) in [7, 11) is -3.26. The van der Waals surface area contributed by atoms with Crippen molar-refractivity contribution in [1.82, 2.24) is 14.5 Å². The minimum atomic E-state index is -3.26. The average molecular weight is 454 g/mol. The van der Waals surface area contributed by atoms with Crippen molar-refractivity contribution >= 4 is 21.8 Å². The second-order valence-electron chi connectivity index (χ2n) is 6.40. The van der Waals surface area contributed by atoms with E-state index >= 15 is 0 Å². The highest BCUT2D eigenvalue weighted by molar-refractivity contribution is 7.98. The standard InChI is InChI=1S/C20H21F2N3O3S2/c1-29-17-9-5-15(6-10-17)25-19(13-18(24-25)20(21)22)14-3-7-16(8-4-14)28-12-11-23-30(2,26)27/h3-10,13,20,23H,11-12H2,1-2H3. The molecule has 0 saturated carbocycles. The Balaban J connectivity index is 1.82. The summed E-state index contributed by atoms with van der Waals surface area (Å²) in [5.41, 5.74) is 1.62. The van der Waals surface area contributed by atoms with E-state index < -0.39 is 16.4 Å². The summed E-state index contributed by atoms with van der Waals surface area (Å²) in [6.45, 7) is 0.318. The van der Waals surface area contributed by atoms with Crippen LogP contribution < -0.4 is 9.46 Å². The molecule has 6 nitrogen and oxygen atoms in total. The summed E-state index contributed by atoms with van der Waals surface area (Å²) < 4.78 is 58.0. The van der Waals surface area contributed by atoms with Crippen LogP contribution >= 0.6 is 11.8 Å². The highest BCUT2D eigenvalue weighted by Gasteiger charge is 2.18. The summed E-state index contributed by atoms with van der Waals surface area (Å²) in [5.74, 6) is 0.540. The number of nitrogens with zero attached hydrogens (tertiary/aromatic N) is 2. The Labute approximate surface area is 178 Å². The molecule has 0 bridgehead atoms. The van der Waals surface area contributed by atoms with Gasteiger partial charge in [0.05, 0.1) is 17.6 Å². The topological polar surface area (TPSA) is 73.2 Å². The molecule has 1 aromatic heterocycles. The first kappa shape index (κ1) is 22.3. The van der Waals surface area contributed by atoms with Crippen molar-refractivity contribution < 1.29 is 21.9 Å². The molecule has 1 heterocycles. The SMILES string of the molecule is CSc1ccc(-n2nc(C(F)F)cc2-c2ccc(OCCNS(C)(=O)=O)cc2)cc1. The second-order valence-corrected chi connectivity index (χ2v) is 9.12. The van der Waals surface area contributed by atoms with Gasteiger partial charge >= 0.3 is 0 Å². The van der Waals surface area contributed by atoms with Crippen molar-refractivity contribution in [3.63, 3.8) is 0 Å². The fourth-order valence-corrected chi connectivity index (χ4v) is 3.61. The number of halogens is 2. The van der Waals surface area contributed by atoms with Crippen LogP contribution in [0.1, 0.15) is 12.1 Å². The van der Waals surface area contributed by atoms with Gasteiger partial charge in [-0.15, -0.1) is 11.8 Å². The summed E-state index contributed by atoms with van der Waals surface area (Å²) >= 11 is 1.59. The van der Waals surface area contributed by atoms with Crippen molar-refractivity contribution in [2.24, 2.45) is 0 Å². The Morgan fingerprint density at radius 3 is 2.37 bits per heavy atom. The van der Waals surface area contributed by atoms with Crippen molar-refractivity contribution in [2.45, 2.75) is 11.3 Å². The predicted octanol–water partition coefficient (Wildman–Crippen LogP) is 4.13. The van der Waals surface area contributed by atoms with E-state index in [4.69, 9.17) is 4.74 Å². The molecule has 0 saturated heterocycles. The highest BCUT2D eigenvalue weighted by Crippen LogP contribution is 2.30. The van der Waals surface area contributed by atoms with Crippen LogP contribution in [-0.4, -0.2) is 43.9 Å². The van der Waals surface area contributed by atoms with Gasteiger partial charge in [0.25, 0.3) is 6.43 Å². The van der Waals surface area contributed by atoms with Crippen LogP contribution in [0.3, 0.4) is 0 Å². The number of hydrogen-bond donors (Lipinski definition) is 1. The Bertz CT molecular complexity index is 1080. The van der Waals surface area contributed by atoms with Gasteiger partial charge in [0.15, 0.2) is 0 Å². The Morgan fingerprint density at radius 1 is 1.13 bits per heavy atom. The lowest BCUT2D eigenvalue weighted by Crippen LogP contribution is -2.26. The molecule has 0 aliphatic carbocycles. The maximum atomic E-state index is 13.3. The summed E-state index contributed by atoms with van der Waals surface area (Å²) in [4.78, 5) is 1.06. The monoisotopic (exact) mass is 453 g/mol. The smallest absolute Gasteiger partial charge is 0.282 e. The molecule has 2 aromatic carbocycles. The zero-order valence-corrected chi connectivity index (χ0v) is 18.0. The molecule has 3 rings (SSSR count). The molecule has 3 aromatic rings. The van der Waals surface area contributed by atoms with E-state index in [-0.39, 0.29) is 18.8 Å². The molecule has 1 N–H and O–H groups in total. The third-order valence-electron chi connectivity index (χ3n) is 4.15. The third-order valence-corrected chi connectivity index (χ3v) is 5.63. The zero-order valence-electron chi connectivity index (χ0n) is 16.4. The Hall–Kier alpha value is -2.43. The van der Waals surface area contributed by atoms with Crippen molar-refractivity contribution in [2.75, 3.05) is 25.7 Å². The lowest BCUT2D eigenvalue weighted by Gasteiger charge is -2.10. The lowest BCUT2D eigenvalue weighted by molar-refractivity contribution is 0.145. The number of hydrogen-bond acceptors (Lipinski definition) is 5. The van der Waals surface area contributed by atoms with Crippen LogP contribution in [0.15, 0.2) is 59.5 Å². The molecule has 0 aliphatic rings.